The summed E-state index contributed by atoms with van der Waals surface area (Å²) in [4.78, 5) is 0. The van der Waals surface area contributed by atoms with E-state index < -0.39 is 0 Å². The first-order chi connectivity index (χ1) is 16.1. The Morgan fingerprint density at radius 1 is 0.909 bits per heavy atom. The quantitative estimate of drug-likeness (QED) is 0.306. The van der Waals surface area contributed by atoms with Crippen LogP contribution < -0.4 is 0 Å². The Balaban J connectivity index is 1.31. The molecule has 1 aliphatic heterocycles. The van der Waals surface area contributed by atoms with Gasteiger partial charge in [0.05, 0.1) is 18.8 Å². The molecular formula is C29H28F2O2. The van der Waals surface area contributed by atoms with Gasteiger partial charge in [-0.25, -0.2) is 8.78 Å². The lowest BCUT2D eigenvalue weighted by Gasteiger charge is -2.29. The molecule has 0 N–H and O–H groups in total. The lowest BCUT2D eigenvalue weighted by molar-refractivity contribution is -0.203. The van der Waals surface area contributed by atoms with Crippen LogP contribution in [0.25, 0.3) is 10.8 Å². The molecule has 3 aromatic carbocycles. The number of hydrogen-bond donors (Lipinski definition) is 0. The van der Waals surface area contributed by atoms with Crippen LogP contribution in [-0.2, 0) is 15.9 Å². The van der Waals surface area contributed by atoms with Crippen LogP contribution in [0.15, 0.2) is 66.7 Å². The Morgan fingerprint density at radius 3 is 2.48 bits per heavy atom. The molecule has 0 aromatic heterocycles. The number of hydrogen-bond acceptors (Lipinski definition) is 2. The molecule has 4 rings (SSSR count). The molecular weight excluding hydrogens is 418 g/mol. The van der Waals surface area contributed by atoms with E-state index in [4.69, 9.17) is 9.47 Å². The summed E-state index contributed by atoms with van der Waals surface area (Å²) >= 11 is 0. The number of fused-ring (bicyclic) bond motifs is 1. The molecule has 4 heteroatoms. The highest BCUT2D eigenvalue weighted by atomic mass is 19.1. The molecule has 3 aromatic rings. The lowest BCUT2D eigenvalue weighted by Crippen LogP contribution is -2.32. The fraction of sp³-hybridized carbons (Fsp3) is 0.310. The van der Waals surface area contributed by atoms with E-state index >= 15 is 0 Å². The maximum atomic E-state index is 14.6. The zero-order valence-corrected chi connectivity index (χ0v) is 18.8. The number of rotatable bonds is 6. The maximum absolute atomic E-state index is 14.6. The average Bonchev–Trinajstić information content (AvgIpc) is 2.83. The van der Waals surface area contributed by atoms with Gasteiger partial charge in [-0.3, -0.25) is 0 Å². The summed E-state index contributed by atoms with van der Waals surface area (Å²) < 4.78 is 39.6. The normalized spacial score (nSPS) is 18.4. The van der Waals surface area contributed by atoms with Crippen LogP contribution >= 0.6 is 0 Å². The van der Waals surface area contributed by atoms with Gasteiger partial charge < -0.3 is 9.47 Å². The van der Waals surface area contributed by atoms with Crippen LogP contribution in [0.1, 0.15) is 42.9 Å². The van der Waals surface area contributed by atoms with Gasteiger partial charge in [0.2, 0.25) is 0 Å². The van der Waals surface area contributed by atoms with Gasteiger partial charge in [0.25, 0.3) is 0 Å². The van der Waals surface area contributed by atoms with E-state index in [0.29, 0.717) is 24.3 Å². The van der Waals surface area contributed by atoms with Crippen molar-refractivity contribution in [2.45, 2.75) is 38.9 Å². The molecule has 1 fully saturated rings. The SMILES string of the molecule is C/C=C/CCC1COC(CCc2ccc(C#Cc3ccc4cc(F)ccc4c3)c(F)c2)OC1. The van der Waals surface area contributed by atoms with Crippen molar-refractivity contribution in [1.29, 1.82) is 0 Å². The van der Waals surface area contributed by atoms with Gasteiger partial charge in [-0.1, -0.05) is 42.2 Å². The second-order valence-electron chi connectivity index (χ2n) is 8.42. The molecule has 1 heterocycles. The Kier molecular flexibility index (Phi) is 7.88. The molecule has 0 spiro atoms. The monoisotopic (exact) mass is 446 g/mol. The van der Waals surface area contributed by atoms with Crippen molar-refractivity contribution >= 4 is 10.8 Å². The summed E-state index contributed by atoms with van der Waals surface area (Å²) in [5.41, 5.74) is 2.01. The molecule has 1 saturated heterocycles. The Bertz CT molecular complexity index is 1180. The summed E-state index contributed by atoms with van der Waals surface area (Å²) in [6.45, 7) is 3.46. The highest BCUT2D eigenvalue weighted by molar-refractivity contribution is 5.83. The fourth-order valence-electron chi connectivity index (χ4n) is 3.95. The first kappa shape index (κ1) is 23.2. The van der Waals surface area contributed by atoms with Crippen LogP contribution in [0.4, 0.5) is 8.78 Å². The Hall–Kier alpha value is -3.00. The van der Waals surface area contributed by atoms with E-state index in [1.165, 1.54) is 18.2 Å². The van der Waals surface area contributed by atoms with Crippen molar-refractivity contribution in [3.05, 3.63) is 95.1 Å². The number of ether oxygens (including phenoxy) is 2. The van der Waals surface area contributed by atoms with Gasteiger partial charge in [0.1, 0.15) is 11.6 Å². The maximum Gasteiger partial charge on any atom is 0.157 e. The molecule has 33 heavy (non-hydrogen) atoms. The highest BCUT2D eigenvalue weighted by Gasteiger charge is 2.21. The number of halogens is 2. The van der Waals surface area contributed by atoms with Crippen molar-refractivity contribution in [2.75, 3.05) is 13.2 Å². The molecule has 0 aliphatic carbocycles. The third-order valence-corrected chi connectivity index (χ3v) is 5.86. The fourth-order valence-corrected chi connectivity index (χ4v) is 3.95. The van der Waals surface area contributed by atoms with E-state index in [9.17, 15) is 8.78 Å². The molecule has 0 atom stereocenters. The molecule has 2 nitrogen and oxygen atoms in total. The van der Waals surface area contributed by atoms with E-state index in [-0.39, 0.29) is 17.9 Å². The van der Waals surface area contributed by atoms with Crippen molar-refractivity contribution < 1.29 is 18.3 Å². The largest absolute Gasteiger partial charge is 0.352 e. The molecule has 1 aliphatic rings. The van der Waals surface area contributed by atoms with Gasteiger partial charge in [-0.05, 0) is 78.9 Å². The molecule has 170 valence electrons. The predicted molar refractivity (Wildman–Crippen MR) is 128 cm³/mol. The van der Waals surface area contributed by atoms with Crippen LogP contribution in [0, 0.1) is 29.4 Å². The zero-order valence-electron chi connectivity index (χ0n) is 18.8. The van der Waals surface area contributed by atoms with Gasteiger partial charge in [-0.15, -0.1) is 0 Å². The number of aryl methyl sites for hydroxylation is 1. The standard InChI is InChI=1S/C29H28F2O2/c1-2-3-4-5-23-19-32-29(33-20-23)15-9-22-7-11-24(28(31)17-22)10-6-21-8-12-26-18-27(30)14-13-25(26)16-21/h2-3,7-8,11-14,16-18,23,29H,4-5,9,15,19-20H2,1H3/b3-2+. The minimum Gasteiger partial charge on any atom is -0.352 e. The van der Waals surface area contributed by atoms with Crippen LogP contribution in [-0.4, -0.2) is 19.5 Å². The molecule has 0 amide bonds. The predicted octanol–water partition coefficient (Wildman–Crippen LogP) is 6.80. The topological polar surface area (TPSA) is 18.5 Å². The number of allylic oxidation sites excluding steroid dienone is 2. The van der Waals surface area contributed by atoms with Crippen molar-refractivity contribution in [3.63, 3.8) is 0 Å². The van der Waals surface area contributed by atoms with Crippen molar-refractivity contribution in [1.82, 2.24) is 0 Å². The van der Waals surface area contributed by atoms with Crippen molar-refractivity contribution in [3.8, 4) is 11.8 Å². The van der Waals surface area contributed by atoms with Gasteiger partial charge in [0.15, 0.2) is 6.29 Å². The average molecular weight is 447 g/mol. The first-order valence-electron chi connectivity index (χ1n) is 11.4. The van der Waals surface area contributed by atoms with Crippen LogP contribution in [0.3, 0.4) is 0 Å². The number of benzene rings is 3. The van der Waals surface area contributed by atoms with Crippen molar-refractivity contribution in [2.24, 2.45) is 5.92 Å². The summed E-state index contributed by atoms with van der Waals surface area (Å²) in [5, 5.41) is 1.71. The van der Waals surface area contributed by atoms with Crippen LogP contribution in [0.2, 0.25) is 0 Å². The minimum atomic E-state index is -0.336. The zero-order chi connectivity index (χ0) is 23.0. The highest BCUT2D eigenvalue weighted by Crippen LogP contribution is 2.21. The van der Waals surface area contributed by atoms with E-state index in [1.807, 2.05) is 31.2 Å². The van der Waals surface area contributed by atoms with E-state index in [2.05, 4.69) is 24.0 Å². The third-order valence-electron chi connectivity index (χ3n) is 5.86. The Morgan fingerprint density at radius 2 is 1.70 bits per heavy atom. The van der Waals surface area contributed by atoms with E-state index in [0.717, 1.165) is 48.0 Å². The van der Waals surface area contributed by atoms with E-state index in [1.54, 1.807) is 12.1 Å². The van der Waals surface area contributed by atoms with Gasteiger partial charge in [0, 0.05) is 17.9 Å². The molecule has 0 saturated carbocycles. The molecule has 0 unspecified atom stereocenters. The minimum absolute atomic E-state index is 0.230. The summed E-state index contributed by atoms with van der Waals surface area (Å²) in [6.07, 6.45) is 7.50. The first-order valence-corrected chi connectivity index (χ1v) is 11.4. The summed E-state index contributed by atoms with van der Waals surface area (Å²) in [7, 11) is 0. The second-order valence-corrected chi connectivity index (χ2v) is 8.42. The Labute approximate surface area is 194 Å². The van der Waals surface area contributed by atoms with Gasteiger partial charge in [-0.2, -0.15) is 0 Å². The van der Waals surface area contributed by atoms with Crippen LogP contribution in [0.5, 0.6) is 0 Å². The smallest absolute Gasteiger partial charge is 0.157 e. The lowest BCUT2D eigenvalue weighted by atomic mass is 10.0. The third kappa shape index (κ3) is 6.51. The molecule has 0 bridgehead atoms. The second kappa shape index (κ2) is 11.2. The summed E-state index contributed by atoms with van der Waals surface area (Å²) in [5.74, 6) is 5.75. The molecule has 0 radical (unpaired) electrons. The summed E-state index contributed by atoms with van der Waals surface area (Å²) in [6, 6.07) is 15.3. The van der Waals surface area contributed by atoms with Gasteiger partial charge >= 0.3 is 0 Å².